The van der Waals surface area contributed by atoms with Gasteiger partial charge in [-0.1, -0.05) is 17.3 Å². The molecule has 3 rings (SSSR count). The van der Waals surface area contributed by atoms with Gasteiger partial charge in [0.1, 0.15) is 0 Å². The number of hydrogen-bond acceptors (Lipinski definition) is 8. The van der Waals surface area contributed by atoms with Crippen LogP contribution >= 0.6 is 0 Å². The smallest absolute Gasteiger partial charge is 0.338 e. The van der Waals surface area contributed by atoms with Gasteiger partial charge in [0, 0.05) is 5.69 Å². The maximum atomic E-state index is 12.1. The summed E-state index contributed by atoms with van der Waals surface area (Å²) in [5.41, 5.74) is 1.70. The van der Waals surface area contributed by atoms with Crippen LogP contribution in [-0.4, -0.2) is 29.7 Å². The summed E-state index contributed by atoms with van der Waals surface area (Å²) in [5.74, 6) is 0.377. The number of benzene rings is 2. The second-order valence-electron chi connectivity index (χ2n) is 6.51. The summed E-state index contributed by atoms with van der Waals surface area (Å²) in [6, 6.07) is 13.4. The Hall–Kier alpha value is -4.65. The highest BCUT2D eigenvalue weighted by atomic mass is 16.6. The van der Waals surface area contributed by atoms with E-state index in [4.69, 9.17) is 19.3 Å². The zero-order chi connectivity index (χ0) is 23.1. The van der Waals surface area contributed by atoms with Gasteiger partial charge in [0.15, 0.2) is 23.8 Å². The molecule has 10 nitrogen and oxygen atoms in total. The number of nitrogens with one attached hydrogen (secondary N) is 1. The van der Waals surface area contributed by atoms with Gasteiger partial charge in [0.05, 0.1) is 23.7 Å². The lowest BCUT2D eigenvalue weighted by Gasteiger charge is -2.11. The van der Waals surface area contributed by atoms with E-state index < -0.39 is 4.92 Å². The zero-order valence-corrected chi connectivity index (χ0v) is 17.2. The van der Waals surface area contributed by atoms with Crippen LogP contribution in [0.1, 0.15) is 22.6 Å². The van der Waals surface area contributed by atoms with Crippen LogP contribution in [-0.2, 0) is 4.79 Å². The predicted molar refractivity (Wildman–Crippen MR) is 115 cm³/mol. The molecule has 0 radical (unpaired) electrons. The fraction of sp³-hybridized carbons (Fsp3) is 0.136. The minimum absolute atomic E-state index is 0.0336. The molecule has 162 valence electrons. The Morgan fingerprint density at radius 2 is 2.00 bits per heavy atom. The number of anilines is 1. The summed E-state index contributed by atoms with van der Waals surface area (Å²) in [6.07, 6.45) is 3.05. The Kier molecular flexibility index (Phi) is 6.82. The average molecular weight is 434 g/mol. The van der Waals surface area contributed by atoms with Crippen molar-refractivity contribution in [3.05, 3.63) is 75.2 Å². The van der Waals surface area contributed by atoms with Crippen LogP contribution in [0.4, 0.5) is 11.4 Å². The van der Waals surface area contributed by atoms with Crippen molar-refractivity contribution in [2.75, 3.05) is 19.0 Å². The molecule has 0 aliphatic rings. The topological polar surface area (TPSA) is 141 Å². The minimum atomic E-state index is -0.550. The van der Waals surface area contributed by atoms with Crippen molar-refractivity contribution < 1.29 is 23.7 Å². The van der Waals surface area contributed by atoms with Crippen LogP contribution in [0.25, 0.3) is 12.2 Å². The summed E-state index contributed by atoms with van der Waals surface area (Å²) in [5, 5.41) is 26.2. The number of carbonyl (C=O) groups excluding carboxylic acids is 1. The van der Waals surface area contributed by atoms with E-state index in [1.165, 1.54) is 20.1 Å². The van der Waals surface area contributed by atoms with E-state index in [-0.39, 0.29) is 29.7 Å². The van der Waals surface area contributed by atoms with Crippen molar-refractivity contribution in [2.24, 2.45) is 0 Å². The highest BCUT2D eigenvalue weighted by Crippen LogP contribution is 2.30. The van der Waals surface area contributed by atoms with E-state index in [1.54, 1.807) is 48.5 Å². The molecule has 0 aliphatic carbocycles. The van der Waals surface area contributed by atoms with E-state index in [0.29, 0.717) is 28.3 Å². The highest BCUT2D eigenvalue weighted by Gasteiger charge is 2.22. The molecular formula is C22H18N4O6. The first-order valence-electron chi connectivity index (χ1n) is 9.31. The van der Waals surface area contributed by atoms with Crippen LogP contribution < -0.4 is 14.8 Å². The molecule has 0 bridgehead atoms. The fourth-order valence-corrected chi connectivity index (χ4v) is 2.76. The summed E-state index contributed by atoms with van der Waals surface area (Å²) in [6.45, 7) is 1.24. The molecule has 0 aliphatic heterocycles. The number of carbonyl (C=O) groups is 1. The first-order valence-corrected chi connectivity index (χ1v) is 9.31. The SMILES string of the molecule is COc1cc(/C=C/c2onc(C)c2[N+](=O)[O-])ccc1OCC(=O)Nc1ccc(C#N)cc1. The molecule has 1 aromatic heterocycles. The summed E-state index contributed by atoms with van der Waals surface area (Å²) in [4.78, 5) is 22.7. The summed E-state index contributed by atoms with van der Waals surface area (Å²) >= 11 is 0. The largest absolute Gasteiger partial charge is 0.493 e. The number of ether oxygens (including phenoxy) is 2. The molecule has 0 atom stereocenters. The number of nitro groups is 1. The quantitative estimate of drug-likeness (QED) is 0.415. The van der Waals surface area contributed by atoms with Crippen molar-refractivity contribution in [3.8, 4) is 17.6 Å². The fourth-order valence-electron chi connectivity index (χ4n) is 2.76. The van der Waals surface area contributed by atoms with Crippen molar-refractivity contribution in [3.63, 3.8) is 0 Å². The van der Waals surface area contributed by atoms with Crippen molar-refractivity contribution in [2.45, 2.75) is 6.92 Å². The van der Waals surface area contributed by atoms with Crippen molar-refractivity contribution in [1.82, 2.24) is 5.16 Å². The summed E-state index contributed by atoms with van der Waals surface area (Å²) in [7, 11) is 1.46. The van der Waals surface area contributed by atoms with Crippen molar-refractivity contribution >= 4 is 29.4 Å². The normalized spacial score (nSPS) is 10.5. The lowest BCUT2D eigenvalue weighted by molar-refractivity contribution is -0.386. The predicted octanol–water partition coefficient (Wildman–Crippen LogP) is 3.96. The number of methoxy groups -OCH3 is 1. The number of nitrogens with zero attached hydrogens (tertiary/aromatic N) is 3. The third-order valence-electron chi connectivity index (χ3n) is 4.31. The second-order valence-corrected chi connectivity index (χ2v) is 6.51. The van der Waals surface area contributed by atoms with Gasteiger partial charge in [-0.25, -0.2) is 0 Å². The molecule has 32 heavy (non-hydrogen) atoms. The highest BCUT2D eigenvalue weighted by molar-refractivity contribution is 5.92. The average Bonchev–Trinajstić information content (AvgIpc) is 3.17. The maximum absolute atomic E-state index is 12.1. The van der Waals surface area contributed by atoms with E-state index in [2.05, 4.69) is 10.5 Å². The monoisotopic (exact) mass is 434 g/mol. The van der Waals surface area contributed by atoms with E-state index >= 15 is 0 Å². The van der Waals surface area contributed by atoms with Gasteiger partial charge in [-0.15, -0.1) is 0 Å². The number of aryl methyl sites for hydroxylation is 1. The van der Waals surface area contributed by atoms with Gasteiger partial charge in [-0.2, -0.15) is 5.26 Å². The van der Waals surface area contributed by atoms with E-state index in [9.17, 15) is 14.9 Å². The molecule has 0 saturated heterocycles. The maximum Gasteiger partial charge on any atom is 0.338 e. The number of nitriles is 1. The second kappa shape index (κ2) is 9.90. The van der Waals surface area contributed by atoms with Gasteiger partial charge in [0.25, 0.3) is 5.91 Å². The number of rotatable bonds is 8. The molecule has 3 aromatic rings. The lowest BCUT2D eigenvalue weighted by atomic mass is 10.1. The Balaban J connectivity index is 1.65. The molecule has 0 fully saturated rings. The summed E-state index contributed by atoms with van der Waals surface area (Å²) < 4.78 is 15.9. The van der Waals surface area contributed by atoms with Gasteiger partial charge in [-0.3, -0.25) is 14.9 Å². The Bertz CT molecular complexity index is 1210. The van der Waals surface area contributed by atoms with Crippen LogP contribution in [0.5, 0.6) is 11.5 Å². The van der Waals surface area contributed by atoms with Crippen LogP contribution in [0.15, 0.2) is 47.0 Å². The molecule has 0 spiro atoms. The number of hydrogen-bond donors (Lipinski definition) is 1. The Morgan fingerprint density at radius 1 is 1.25 bits per heavy atom. The van der Waals surface area contributed by atoms with Gasteiger partial charge >= 0.3 is 5.69 Å². The third kappa shape index (κ3) is 5.28. The molecule has 1 heterocycles. The van der Waals surface area contributed by atoms with Crippen LogP contribution in [0.3, 0.4) is 0 Å². The zero-order valence-electron chi connectivity index (χ0n) is 17.2. The molecule has 10 heteroatoms. The first-order chi connectivity index (χ1) is 15.4. The lowest BCUT2D eigenvalue weighted by Crippen LogP contribution is -2.20. The van der Waals surface area contributed by atoms with E-state index in [0.717, 1.165) is 0 Å². The standard InChI is InChI=1S/C22H18N4O6/c1-14-22(26(28)29)19(32-25-14)10-6-15-5-9-18(20(11-15)30-2)31-13-21(27)24-17-7-3-16(12-23)4-8-17/h3-11H,13H2,1-2H3,(H,24,27)/b10-6+. The minimum Gasteiger partial charge on any atom is -0.493 e. The molecule has 1 N–H and O–H groups in total. The van der Waals surface area contributed by atoms with E-state index in [1.807, 2.05) is 6.07 Å². The molecule has 0 unspecified atom stereocenters. The van der Waals surface area contributed by atoms with Crippen molar-refractivity contribution in [1.29, 1.82) is 5.26 Å². The molecular weight excluding hydrogens is 416 g/mol. The Labute approximate surface area is 182 Å². The number of amides is 1. The molecule has 0 saturated carbocycles. The van der Waals surface area contributed by atoms with Gasteiger partial charge in [0.2, 0.25) is 5.76 Å². The first kappa shape index (κ1) is 22.0. The van der Waals surface area contributed by atoms with Gasteiger partial charge in [-0.05, 0) is 55.0 Å². The van der Waals surface area contributed by atoms with Crippen LogP contribution in [0, 0.1) is 28.4 Å². The van der Waals surface area contributed by atoms with Gasteiger partial charge < -0.3 is 19.3 Å². The van der Waals surface area contributed by atoms with Crippen LogP contribution in [0.2, 0.25) is 0 Å². The molecule has 2 aromatic carbocycles. The number of aromatic nitrogens is 1. The Morgan fingerprint density at radius 3 is 2.66 bits per heavy atom. The molecule has 1 amide bonds. The third-order valence-corrected chi connectivity index (χ3v) is 4.31.